The van der Waals surface area contributed by atoms with Gasteiger partial charge >= 0.3 is 0 Å². The summed E-state index contributed by atoms with van der Waals surface area (Å²) in [6.45, 7) is 0. The highest BCUT2D eigenvalue weighted by molar-refractivity contribution is 5.66. The zero-order chi connectivity index (χ0) is 10.2. The molecule has 0 aromatic heterocycles. The molecular formula is C12H13NO. The Kier molecular flexibility index (Phi) is 4.21. The molecule has 1 N–H and O–H groups in total. The number of anilines is 1. The summed E-state index contributed by atoms with van der Waals surface area (Å²) in [7, 11) is 1.89. The Morgan fingerprint density at radius 2 is 1.79 bits per heavy atom. The summed E-state index contributed by atoms with van der Waals surface area (Å²) in [4.78, 5) is 9.97. The van der Waals surface area contributed by atoms with Gasteiger partial charge in [-0.25, -0.2) is 0 Å². The van der Waals surface area contributed by atoms with Crippen molar-refractivity contribution in [2.24, 2.45) is 0 Å². The number of hydrogen-bond acceptors (Lipinski definition) is 2. The third-order valence-electron chi connectivity index (χ3n) is 1.79. The molecule has 0 aliphatic carbocycles. The van der Waals surface area contributed by atoms with E-state index in [1.807, 2.05) is 43.5 Å². The molecule has 0 atom stereocenters. The molecule has 0 heterocycles. The van der Waals surface area contributed by atoms with Gasteiger partial charge in [-0.05, 0) is 23.8 Å². The topological polar surface area (TPSA) is 29.1 Å². The van der Waals surface area contributed by atoms with E-state index in [9.17, 15) is 4.79 Å². The third kappa shape index (κ3) is 3.27. The van der Waals surface area contributed by atoms with Gasteiger partial charge in [0.15, 0.2) is 0 Å². The minimum absolute atomic E-state index is 0.758. The van der Waals surface area contributed by atoms with Crippen molar-refractivity contribution in [1.29, 1.82) is 0 Å². The molecule has 0 bridgehead atoms. The number of aldehydes is 1. The molecule has 1 aromatic carbocycles. The summed E-state index contributed by atoms with van der Waals surface area (Å²) in [5, 5.41) is 3.05. The van der Waals surface area contributed by atoms with E-state index >= 15 is 0 Å². The molecule has 0 fully saturated rings. The molecule has 2 heteroatoms. The second-order valence-electron chi connectivity index (χ2n) is 2.75. The molecule has 1 rings (SSSR count). The maximum absolute atomic E-state index is 9.97. The van der Waals surface area contributed by atoms with Gasteiger partial charge in [0.25, 0.3) is 0 Å². The number of nitrogens with one attached hydrogen (secondary N) is 1. The summed E-state index contributed by atoms with van der Waals surface area (Å²) < 4.78 is 0. The fraction of sp³-hybridized carbons (Fsp3) is 0.0833. The summed E-state index contributed by atoms with van der Waals surface area (Å²) in [5.74, 6) is 0. The molecule has 0 unspecified atom stereocenters. The summed E-state index contributed by atoms with van der Waals surface area (Å²) in [5.41, 5.74) is 2.20. The van der Waals surface area contributed by atoms with Gasteiger partial charge in [0.05, 0.1) is 0 Å². The summed E-state index contributed by atoms with van der Waals surface area (Å²) in [6.07, 6.45) is 7.70. The van der Waals surface area contributed by atoms with Crippen LogP contribution in [0.5, 0.6) is 0 Å². The van der Waals surface area contributed by atoms with Gasteiger partial charge in [-0.1, -0.05) is 30.4 Å². The Morgan fingerprint density at radius 1 is 1.07 bits per heavy atom. The van der Waals surface area contributed by atoms with Crippen LogP contribution >= 0.6 is 0 Å². The first-order chi connectivity index (χ1) is 6.86. The standard InChI is InChI=1S/C12H13NO/c1-13-12-8-6-11(7-9-12)5-3-2-4-10-14/h2-10,13H,1H3. The monoisotopic (exact) mass is 187 g/mol. The number of benzene rings is 1. The van der Waals surface area contributed by atoms with Crippen molar-refractivity contribution < 1.29 is 4.79 Å². The van der Waals surface area contributed by atoms with E-state index in [0.717, 1.165) is 17.5 Å². The van der Waals surface area contributed by atoms with Crippen molar-refractivity contribution in [3.05, 3.63) is 48.1 Å². The smallest absolute Gasteiger partial charge is 0.142 e. The molecule has 0 aliphatic rings. The van der Waals surface area contributed by atoms with Crippen LogP contribution in [0.3, 0.4) is 0 Å². The predicted molar refractivity (Wildman–Crippen MR) is 60.2 cm³/mol. The lowest BCUT2D eigenvalue weighted by atomic mass is 10.2. The van der Waals surface area contributed by atoms with Crippen molar-refractivity contribution in [2.45, 2.75) is 0 Å². The molecule has 2 nitrogen and oxygen atoms in total. The average molecular weight is 187 g/mol. The van der Waals surface area contributed by atoms with Gasteiger partial charge in [-0.2, -0.15) is 0 Å². The summed E-state index contributed by atoms with van der Waals surface area (Å²) in [6, 6.07) is 8.03. The van der Waals surface area contributed by atoms with E-state index in [1.165, 1.54) is 6.08 Å². The molecule has 1 aromatic rings. The molecule has 0 aliphatic heterocycles. The number of carbonyl (C=O) groups excluding carboxylic acids is 1. The van der Waals surface area contributed by atoms with Crippen LogP contribution in [0.2, 0.25) is 0 Å². The van der Waals surface area contributed by atoms with Crippen LogP contribution in [0.25, 0.3) is 6.08 Å². The first-order valence-corrected chi connectivity index (χ1v) is 4.43. The summed E-state index contributed by atoms with van der Waals surface area (Å²) >= 11 is 0. The normalized spacial score (nSPS) is 10.9. The highest BCUT2D eigenvalue weighted by Crippen LogP contribution is 2.09. The zero-order valence-electron chi connectivity index (χ0n) is 8.10. The maximum atomic E-state index is 9.97. The Bertz CT molecular complexity index is 336. The second kappa shape index (κ2) is 5.75. The molecule has 0 radical (unpaired) electrons. The van der Waals surface area contributed by atoms with Crippen molar-refractivity contribution in [2.75, 3.05) is 12.4 Å². The fourth-order valence-electron chi connectivity index (χ4n) is 1.04. The van der Waals surface area contributed by atoms with Crippen LogP contribution in [0.1, 0.15) is 5.56 Å². The highest BCUT2D eigenvalue weighted by atomic mass is 16.1. The average Bonchev–Trinajstić information content (AvgIpc) is 2.25. The lowest BCUT2D eigenvalue weighted by Crippen LogP contribution is -1.86. The lowest BCUT2D eigenvalue weighted by molar-refractivity contribution is -0.104. The van der Waals surface area contributed by atoms with E-state index in [4.69, 9.17) is 0 Å². The van der Waals surface area contributed by atoms with Crippen LogP contribution in [-0.2, 0) is 4.79 Å². The Morgan fingerprint density at radius 3 is 2.36 bits per heavy atom. The van der Waals surface area contributed by atoms with Crippen LogP contribution in [0.4, 0.5) is 5.69 Å². The maximum Gasteiger partial charge on any atom is 0.142 e. The quantitative estimate of drug-likeness (QED) is 0.446. The Labute approximate surface area is 84.0 Å². The van der Waals surface area contributed by atoms with Crippen molar-refractivity contribution in [1.82, 2.24) is 0 Å². The van der Waals surface area contributed by atoms with Crippen molar-refractivity contribution in [3.8, 4) is 0 Å². The lowest BCUT2D eigenvalue weighted by Gasteiger charge is -1.98. The fourth-order valence-corrected chi connectivity index (χ4v) is 1.04. The highest BCUT2D eigenvalue weighted by Gasteiger charge is 1.86. The molecule has 72 valence electrons. The number of hydrogen-bond donors (Lipinski definition) is 1. The molecule has 0 saturated heterocycles. The minimum atomic E-state index is 0.758. The van der Waals surface area contributed by atoms with Crippen LogP contribution in [0.15, 0.2) is 42.5 Å². The molecular weight excluding hydrogens is 174 g/mol. The third-order valence-corrected chi connectivity index (χ3v) is 1.79. The Balaban J connectivity index is 2.63. The number of carbonyl (C=O) groups is 1. The van der Waals surface area contributed by atoms with Crippen LogP contribution < -0.4 is 5.32 Å². The van der Waals surface area contributed by atoms with E-state index in [-0.39, 0.29) is 0 Å². The van der Waals surface area contributed by atoms with E-state index in [2.05, 4.69) is 5.32 Å². The van der Waals surface area contributed by atoms with Crippen molar-refractivity contribution in [3.63, 3.8) is 0 Å². The van der Waals surface area contributed by atoms with Crippen LogP contribution in [0, 0.1) is 0 Å². The van der Waals surface area contributed by atoms with Crippen LogP contribution in [-0.4, -0.2) is 13.3 Å². The van der Waals surface area contributed by atoms with Gasteiger partial charge < -0.3 is 5.32 Å². The van der Waals surface area contributed by atoms with Gasteiger partial charge in [0, 0.05) is 12.7 Å². The minimum Gasteiger partial charge on any atom is -0.388 e. The largest absolute Gasteiger partial charge is 0.388 e. The number of rotatable bonds is 4. The zero-order valence-corrected chi connectivity index (χ0v) is 8.10. The second-order valence-corrected chi connectivity index (χ2v) is 2.75. The van der Waals surface area contributed by atoms with E-state index in [0.29, 0.717) is 0 Å². The van der Waals surface area contributed by atoms with Gasteiger partial charge in [0.2, 0.25) is 0 Å². The molecule has 0 saturated carbocycles. The SMILES string of the molecule is CNc1ccc(C=CC=CC=O)cc1. The predicted octanol–water partition coefficient (Wildman–Crippen LogP) is 2.50. The van der Waals surface area contributed by atoms with Gasteiger partial charge in [-0.3, -0.25) is 4.79 Å². The molecule has 0 spiro atoms. The van der Waals surface area contributed by atoms with E-state index < -0.39 is 0 Å². The first-order valence-electron chi connectivity index (χ1n) is 4.43. The molecule has 14 heavy (non-hydrogen) atoms. The van der Waals surface area contributed by atoms with Gasteiger partial charge in [-0.15, -0.1) is 0 Å². The molecule has 0 amide bonds. The van der Waals surface area contributed by atoms with Gasteiger partial charge in [0.1, 0.15) is 6.29 Å². The Hall–Kier alpha value is -1.83. The van der Waals surface area contributed by atoms with E-state index in [1.54, 1.807) is 6.08 Å². The number of allylic oxidation sites excluding steroid dienone is 3. The first kappa shape index (κ1) is 10.3. The van der Waals surface area contributed by atoms with Crippen molar-refractivity contribution >= 4 is 18.0 Å².